The van der Waals surface area contributed by atoms with Crippen molar-refractivity contribution in [3.63, 3.8) is 0 Å². The monoisotopic (exact) mass is 811 g/mol. The first kappa shape index (κ1) is 53.4. The molecule has 0 heterocycles. The lowest BCUT2D eigenvalue weighted by atomic mass is 10.1. The van der Waals surface area contributed by atoms with Gasteiger partial charge in [-0.05, 0) is 96.8 Å². The summed E-state index contributed by atoms with van der Waals surface area (Å²) in [4.78, 5) is 34.9. The molecule has 0 saturated carbocycles. The summed E-state index contributed by atoms with van der Waals surface area (Å²) in [6.07, 6.45) is 41.5. The number of allylic oxidation sites excluding steroid dienone is 12. The topological polar surface area (TPSA) is 169 Å². The Kier molecular flexibility index (Phi) is 37.4. The van der Waals surface area contributed by atoms with Crippen LogP contribution in [0.5, 0.6) is 0 Å². The maximum atomic E-state index is 12.6. The Bertz CT molecular complexity index is 1180. The van der Waals surface area contributed by atoms with E-state index in [2.05, 4.69) is 72.2 Å². The Labute approximate surface area is 338 Å². The molecule has 0 aromatic carbocycles. The van der Waals surface area contributed by atoms with Crippen molar-refractivity contribution in [2.24, 2.45) is 0 Å². The van der Waals surface area contributed by atoms with Crippen molar-refractivity contribution in [2.75, 3.05) is 26.4 Å². The highest BCUT2D eigenvalue weighted by molar-refractivity contribution is 7.47. The van der Waals surface area contributed by atoms with Gasteiger partial charge in [-0.2, -0.15) is 0 Å². The number of carbonyl (C=O) groups is 2. The minimum atomic E-state index is -4.64. The van der Waals surface area contributed by atoms with Crippen molar-refractivity contribution in [1.29, 1.82) is 0 Å². The summed E-state index contributed by atoms with van der Waals surface area (Å²) in [7, 11) is -4.64. The van der Waals surface area contributed by atoms with Crippen LogP contribution in [0.3, 0.4) is 0 Å². The lowest BCUT2D eigenvalue weighted by molar-refractivity contribution is -0.161. The number of hydrogen-bond donors (Lipinski definition) is 4. The van der Waals surface area contributed by atoms with Crippen LogP contribution >= 0.6 is 7.82 Å². The zero-order chi connectivity index (χ0) is 41.4. The van der Waals surface area contributed by atoms with Crippen molar-refractivity contribution in [1.82, 2.24) is 0 Å². The second kappa shape index (κ2) is 39.2. The van der Waals surface area contributed by atoms with Gasteiger partial charge in [0.1, 0.15) is 12.7 Å². The molecule has 0 amide bonds. The average Bonchev–Trinajstić information content (AvgIpc) is 3.17. The SMILES string of the molecule is CCCCC/C=C\C/C=C\CCCCCCCC(=O)O[C@H](COC(=O)CCC/C=C\C/C=C\C/C=C\C/C=C\CCC[C@@H](C)O)COP(=O)(O)OC[C@@H](O)CO. The van der Waals surface area contributed by atoms with E-state index in [1.165, 1.54) is 19.3 Å². The van der Waals surface area contributed by atoms with Crippen LogP contribution in [-0.4, -0.2) is 76.9 Å². The van der Waals surface area contributed by atoms with E-state index in [9.17, 15) is 29.3 Å². The number of phosphoric ester groups is 1. The Morgan fingerprint density at radius 2 is 1.05 bits per heavy atom. The summed E-state index contributed by atoms with van der Waals surface area (Å²) in [6.45, 7) is 1.79. The maximum Gasteiger partial charge on any atom is 0.472 e. The molecule has 1 unspecified atom stereocenters. The molecule has 0 spiro atoms. The van der Waals surface area contributed by atoms with Gasteiger partial charge >= 0.3 is 19.8 Å². The van der Waals surface area contributed by atoms with Crippen LogP contribution in [0.4, 0.5) is 0 Å². The summed E-state index contributed by atoms with van der Waals surface area (Å²) < 4.78 is 32.6. The highest BCUT2D eigenvalue weighted by Crippen LogP contribution is 2.43. The van der Waals surface area contributed by atoms with Gasteiger partial charge in [-0.15, -0.1) is 0 Å². The fraction of sp³-hybridized carbons (Fsp3) is 0.682. The average molecular weight is 811 g/mol. The Morgan fingerprint density at radius 1 is 0.589 bits per heavy atom. The van der Waals surface area contributed by atoms with E-state index in [4.69, 9.17) is 19.1 Å². The molecule has 0 aromatic rings. The molecule has 0 aromatic heterocycles. The Morgan fingerprint density at radius 3 is 1.61 bits per heavy atom. The van der Waals surface area contributed by atoms with Crippen LogP contribution < -0.4 is 0 Å². The first-order chi connectivity index (χ1) is 27.1. The number of carbonyl (C=O) groups excluding carboxylic acids is 2. The summed E-state index contributed by atoms with van der Waals surface area (Å²) in [6, 6.07) is 0. The molecule has 11 nitrogen and oxygen atoms in total. The third-order valence-corrected chi connectivity index (χ3v) is 9.30. The third-order valence-electron chi connectivity index (χ3n) is 8.35. The van der Waals surface area contributed by atoms with E-state index < -0.39 is 51.8 Å². The van der Waals surface area contributed by atoms with Gasteiger partial charge in [0.05, 0.1) is 25.9 Å². The van der Waals surface area contributed by atoms with Crippen LogP contribution in [0.25, 0.3) is 0 Å². The van der Waals surface area contributed by atoms with E-state index in [0.717, 1.165) is 83.5 Å². The van der Waals surface area contributed by atoms with E-state index in [-0.39, 0.29) is 25.6 Å². The molecule has 0 radical (unpaired) electrons. The smallest absolute Gasteiger partial charge is 0.462 e. The van der Waals surface area contributed by atoms with Crippen LogP contribution in [0, 0.1) is 0 Å². The molecule has 322 valence electrons. The zero-order valence-electron chi connectivity index (χ0n) is 34.4. The lowest BCUT2D eigenvalue weighted by Crippen LogP contribution is -2.29. The molecule has 4 N–H and O–H groups in total. The number of aliphatic hydroxyl groups excluding tert-OH is 3. The van der Waals surface area contributed by atoms with Crippen LogP contribution in [0.2, 0.25) is 0 Å². The molecule has 0 fully saturated rings. The third kappa shape index (κ3) is 39.6. The number of ether oxygens (including phenoxy) is 2. The summed E-state index contributed by atoms with van der Waals surface area (Å²) >= 11 is 0. The fourth-order valence-corrected chi connectivity index (χ4v) is 5.88. The maximum absolute atomic E-state index is 12.6. The minimum absolute atomic E-state index is 0.146. The molecule has 0 rings (SSSR count). The first-order valence-corrected chi connectivity index (χ1v) is 22.4. The van der Waals surface area contributed by atoms with Crippen molar-refractivity contribution < 1.29 is 52.9 Å². The van der Waals surface area contributed by atoms with Crippen molar-refractivity contribution in [2.45, 2.75) is 167 Å². The van der Waals surface area contributed by atoms with Crippen LogP contribution in [-0.2, 0) is 32.7 Å². The number of hydrogen-bond acceptors (Lipinski definition) is 10. The molecular weight excluding hydrogens is 735 g/mol. The number of rotatable bonds is 38. The molecule has 4 atom stereocenters. The largest absolute Gasteiger partial charge is 0.472 e. The van der Waals surface area contributed by atoms with Crippen LogP contribution in [0.15, 0.2) is 72.9 Å². The predicted octanol–water partition coefficient (Wildman–Crippen LogP) is 9.86. The minimum Gasteiger partial charge on any atom is -0.462 e. The van der Waals surface area contributed by atoms with E-state index in [0.29, 0.717) is 19.3 Å². The molecule has 0 aliphatic carbocycles. The Hall–Kier alpha value is -2.63. The van der Waals surface area contributed by atoms with E-state index >= 15 is 0 Å². The summed E-state index contributed by atoms with van der Waals surface area (Å²) in [5.41, 5.74) is 0. The number of unbranched alkanes of at least 4 members (excludes halogenated alkanes) is 10. The molecule has 56 heavy (non-hydrogen) atoms. The second-order valence-corrected chi connectivity index (χ2v) is 15.4. The van der Waals surface area contributed by atoms with Crippen LogP contribution in [0.1, 0.15) is 149 Å². The Balaban J connectivity index is 4.45. The van der Waals surface area contributed by atoms with Gasteiger partial charge in [0.2, 0.25) is 0 Å². The van der Waals surface area contributed by atoms with Gasteiger partial charge in [-0.1, -0.05) is 112 Å². The van der Waals surface area contributed by atoms with Gasteiger partial charge in [0.25, 0.3) is 0 Å². The molecule has 0 bridgehead atoms. The van der Waals surface area contributed by atoms with Crippen molar-refractivity contribution in [3.8, 4) is 0 Å². The molecule has 12 heteroatoms. The first-order valence-electron chi connectivity index (χ1n) is 20.9. The molecule has 0 aliphatic heterocycles. The number of aliphatic hydroxyl groups is 3. The van der Waals surface area contributed by atoms with Crippen molar-refractivity contribution in [3.05, 3.63) is 72.9 Å². The summed E-state index contributed by atoms with van der Waals surface area (Å²) in [5, 5.41) is 27.6. The normalized spacial score (nSPS) is 15.2. The van der Waals surface area contributed by atoms with Gasteiger partial charge < -0.3 is 29.7 Å². The van der Waals surface area contributed by atoms with Gasteiger partial charge in [0, 0.05) is 12.8 Å². The zero-order valence-corrected chi connectivity index (χ0v) is 35.3. The number of esters is 2. The molecule has 0 saturated heterocycles. The fourth-order valence-electron chi connectivity index (χ4n) is 5.09. The van der Waals surface area contributed by atoms with Crippen molar-refractivity contribution >= 4 is 19.8 Å². The highest BCUT2D eigenvalue weighted by Gasteiger charge is 2.27. The lowest BCUT2D eigenvalue weighted by Gasteiger charge is -2.20. The van der Waals surface area contributed by atoms with Gasteiger partial charge in [-0.25, -0.2) is 4.57 Å². The van der Waals surface area contributed by atoms with E-state index in [1.54, 1.807) is 0 Å². The van der Waals surface area contributed by atoms with Gasteiger partial charge in [0.15, 0.2) is 6.10 Å². The predicted molar refractivity (Wildman–Crippen MR) is 225 cm³/mol. The molecule has 0 aliphatic rings. The quantitative estimate of drug-likeness (QED) is 0.0203. The number of phosphoric acid groups is 1. The second-order valence-electron chi connectivity index (χ2n) is 13.9. The molecular formula is C44H75O11P. The van der Waals surface area contributed by atoms with E-state index in [1.807, 2.05) is 19.1 Å². The standard InChI is InChI=1S/C44H75O11P/c1-3-4-5-6-7-8-9-10-12-17-20-23-26-29-32-35-44(49)55-42(39-54-56(50,51)53-37-41(47)36-45)38-52-43(48)34-31-28-25-22-19-16-14-11-13-15-18-21-24-27-30-33-40(2)46/h7-8,10,12-16,21-22,24-25,40-42,45-47H,3-6,9,11,17-20,23,26-39H2,1-2H3,(H,50,51)/b8-7-,12-10-,15-13-,16-14-,24-21-,25-22-/t40-,41+,42-/m1/s1. The van der Waals surface area contributed by atoms with Gasteiger partial charge in [-0.3, -0.25) is 18.6 Å². The summed E-state index contributed by atoms with van der Waals surface area (Å²) in [5.74, 6) is -1.03. The highest BCUT2D eigenvalue weighted by atomic mass is 31.2.